The summed E-state index contributed by atoms with van der Waals surface area (Å²) in [5.74, 6) is 0. The Labute approximate surface area is 247 Å². The summed E-state index contributed by atoms with van der Waals surface area (Å²) in [6, 6.07) is 0. The first-order valence-electron chi connectivity index (χ1n) is 9.35. The monoisotopic (exact) mass is 822 g/mol. The van der Waals surface area contributed by atoms with Crippen LogP contribution in [0.3, 0.4) is 0 Å². The van der Waals surface area contributed by atoms with E-state index in [9.17, 15) is 126 Å². The Hall–Kier alpha value is -1.15. The van der Waals surface area contributed by atoms with Crippen molar-refractivity contribution < 1.29 is 147 Å². The van der Waals surface area contributed by atoms with Crippen LogP contribution >= 0.6 is 0 Å². The van der Waals surface area contributed by atoms with Crippen LogP contribution in [0.15, 0.2) is 0 Å². The molecule has 0 aromatic rings. The number of hydrogen-bond donors (Lipinski definition) is 0. The van der Waals surface area contributed by atoms with Crippen molar-refractivity contribution in [3.8, 4) is 0 Å². The van der Waals surface area contributed by atoms with Crippen LogP contribution < -0.4 is 20.4 Å². The van der Waals surface area contributed by atoms with E-state index in [-0.39, 0.29) is 21.1 Å². The second-order valence-corrected chi connectivity index (χ2v) is 8.12. The van der Waals surface area contributed by atoms with Crippen molar-refractivity contribution in [2.24, 2.45) is 0 Å². The van der Waals surface area contributed by atoms with Crippen LogP contribution in [-0.4, -0.2) is 71.8 Å². The van der Waals surface area contributed by atoms with Gasteiger partial charge in [0.2, 0.25) is 0 Å². The van der Waals surface area contributed by atoms with E-state index in [2.05, 4.69) is 0 Å². The second kappa shape index (κ2) is 14.9. The van der Waals surface area contributed by atoms with Gasteiger partial charge in [0.15, 0.2) is 0 Å². The Bertz CT molecular complexity index is 653. The molecule has 0 radical (unpaired) electrons. The minimum Gasteiger partial charge on any atom is -0.837 e. The summed E-state index contributed by atoms with van der Waals surface area (Å²) in [6.07, 6.45) is -46.4. The summed E-state index contributed by atoms with van der Waals surface area (Å²) < 4.78 is 271. The molecule has 0 bridgehead atoms. The van der Waals surface area contributed by atoms with E-state index in [1.54, 1.807) is 0 Å². The molecule has 29 heteroatoms. The Morgan fingerprint density at radius 3 is 0.267 bits per heavy atom. The molecule has 0 aromatic heterocycles. The predicted octanol–water partition coefficient (Wildman–Crippen LogP) is 4.92. The molecule has 0 aromatic carbocycles. The van der Waals surface area contributed by atoms with Gasteiger partial charge in [-0.15, -0.1) is 0 Å². The first-order chi connectivity index (χ1) is 18.0. The summed E-state index contributed by atoms with van der Waals surface area (Å²) in [5, 5.41) is 39.6. The van der Waals surface area contributed by atoms with E-state index < -0.39 is 99.5 Å². The van der Waals surface area contributed by atoms with Gasteiger partial charge in [-0.05, 0) is 0 Å². The summed E-state index contributed by atoms with van der Waals surface area (Å²) in [6.45, 7) is -1.81. The molecule has 45 heavy (non-hydrogen) atoms. The van der Waals surface area contributed by atoms with Gasteiger partial charge in [-0.25, -0.2) is 0 Å². The zero-order valence-corrected chi connectivity index (χ0v) is 23.1. The zero-order chi connectivity index (χ0) is 38.0. The van der Waals surface area contributed by atoms with Crippen LogP contribution in [0.1, 0.15) is 27.7 Å². The standard InChI is InChI=1S/4C4H3F6O.Mo/c4*1-2(11,3(5,6)7)4(8,9)10;/h4*1H3;/q4*-1;+4. The van der Waals surface area contributed by atoms with Gasteiger partial charge in [0, 0.05) is 0 Å². The molecule has 0 saturated carbocycles. The van der Waals surface area contributed by atoms with Gasteiger partial charge in [0.25, 0.3) is 0 Å². The van der Waals surface area contributed by atoms with Gasteiger partial charge in [0.1, 0.15) is 0 Å². The fraction of sp³-hybridized carbons (Fsp3) is 1.00. The van der Waals surface area contributed by atoms with Gasteiger partial charge >= 0.3 is 70.5 Å². The van der Waals surface area contributed by atoms with Crippen LogP contribution in [0.5, 0.6) is 0 Å². The van der Waals surface area contributed by atoms with Crippen molar-refractivity contribution >= 4 is 0 Å². The summed E-state index contributed by atoms with van der Waals surface area (Å²) in [7, 11) is 0. The van der Waals surface area contributed by atoms with Crippen LogP contribution in [0.25, 0.3) is 0 Å². The van der Waals surface area contributed by atoms with Gasteiger partial charge in [-0.3, -0.25) is 0 Å². The zero-order valence-electron chi connectivity index (χ0n) is 21.1. The van der Waals surface area contributed by atoms with Gasteiger partial charge in [0.05, 0.1) is 22.4 Å². The van der Waals surface area contributed by atoms with Crippen molar-refractivity contribution in [1.82, 2.24) is 0 Å². The first-order valence-corrected chi connectivity index (χ1v) is 9.35. The topological polar surface area (TPSA) is 92.2 Å². The molecule has 4 nitrogen and oxygen atoms in total. The molecule has 0 fully saturated rings. The second-order valence-electron chi connectivity index (χ2n) is 8.12. The molecule has 0 atom stereocenters. The Kier molecular flexibility index (Phi) is 17.7. The Morgan fingerprint density at radius 1 is 0.222 bits per heavy atom. The maximum absolute atomic E-state index is 11.3. The molecule has 0 saturated heterocycles. The van der Waals surface area contributed by atoms with E-state index in [1.165, 1.54) is 0 Å². The van der Waals surface area contributed by atoms with Gasteiger partial charge in [-0.1, -0.05) is 27.7 Å². The van der Waals surface area contributed by atoms with Gasteiger partial charge < -0.3 is 20.4 Å². The first kappa shape index (κ1) is 53.3. The molecule has 0 rings (SSSR count). The maximum Gasteiger partial charge on any atom is 4.00 e. The third-order valence-electron chi connectivity index (χ3n) is 4.33. The maximum atomic E-state index is 11.3. The molecule has 0 aliphatic rings. The fourth-order valence-corrected chi connectivity index (χ4v) is 0.643. The average Bonchev–Trinajstić information content (AvgIpc) is 2.62. The number of halogens is 24. The molecular weight excluding hydrogens is 808 g/mol. The van der Waals surface area contributed by atoms with E-state index in [4.69, 9.17) is 0 Å². The van der Waals surface area contributed by atoms with Crippen LogP contribution in [-0.2, 0) is 21.1 Å². The fourth-order valence-electron chi connectivity index (χ4n) is 0.643. The summed E-state index contributed by atoms with van der Waals surface area (Å²) in [4.78, 5) is 0. The largest absolute Gasteiger partial charge is 4.00 e. The average molecular weight is 820 g/mol. The smallest absolute Gasteiger partial charge is 0.837 e. The normalized spacial score (nSPS) is 14.9. The number of hydrogen-bond acceptors (Lipinski definition) is 4. The van der Waals surface area contributed by atoms with Crippen molar-refractivity contribution in [3.05, 3.63) is 0 Å². The van der Waals surface area contributed by atoms with E-state index in [0.29, 0.717) is 0 Å². The third kappa shape index (κ3) is 14.2. The molecule has 274 valence electrons. The molecule has 0 aliphatic heterocycles. The summed E-state index contributed by atoms with van der Waals surface area (Å²) >= 11 is 0. The van der Waals surface area contributed by atoms with Crippen molar-refractivity contribution in [3.63, 3.8) is 0 Å². The van der Waals surface area contributed by atoms with Crippen LogP contribution in [0.4, 0.5) is 105 Å². The van der Waals surface area contributed by atoms with Crippen molar-refractivity contribution in [2.75, 3.05) is 0 Å². The number of alkyl halides is 24. The molecule has 0 heterocycles. The Balaban J connectivity index is -0.000000157. The molecule has 0 spiro atoms. The quantitative estimate of drug-likeness (QED) is 0.257. The number of rotatable bonds is 0. The van der Waals surface area contributed by atoms with E-state index >= 15 is 0 Å². The van der Waals surface area contributed by atoms with E-state index in [1.807, 2.05) is 0 Å². The Morgan fingerprint density at radius 2 is 0.267 bits per heavy atom. The third-order valence-corrected chi connectivity index (χ3v) is 4.33. The van der Waals surface area contributed by atoms with Gasteiger partial charge in [-0.2, -0.15) is 105 Å². The van der Waals surface area contributed by atoms with Crippen LogP contribution in [0, 0.1) is 0 Å². The molecule has 0 amide bonds. The van der Waals surface area contributed by atoms with Crippen LogP contribution in [0.2, 0.25) is 0 Å². The predicted molar refractivity (Wildman–Crippen MR) is 82.1 cm³/mol. The van der Waals surface area contributed by atoms with Crippen molar-refractivity contribution in [1.29, 1.82) is 0 Å². The molecule has 0 unspecified atom stereocenters. The van der Waals surface area contributed by atoms with Crippen molar-refractivity contribution in [2.45, 2.75) is 99.5 Å². The molecule has 0 N–H and O–H groups in total. The minimum atomic E-state index is -5.80. The van der Waals surface area contributed by atoms with E-state index in [0.717, 1.165) is 0 Å². The minimum absolute atomic E-state index is 0. The SMILES string of the molecule is CC([O-])(C(F)(F)F)C(F)(F)F.CC([O-])(C(F)(F)F)C(F)(F)F.CC([O-])(C(F)(F)F)C(F)(F)F.CC([O-])(C(F)(F)F)C(F)(F)F.[Mo+4]. The molecule has 0 aliphatic carbocycles. The summed E-state index contributed by atoms with van der Waals surface area (Å²) in [5.41, 5.74) is -19.5. The molecular formula is C16H12F24MoO4.